The van der Waals surface area contributed by atoms with Crippen molar-refractivity contribution in [3.05, 3.63) is 59.5 Å². The second kappa shape index (κ2) is 9.99. The number of guanidine groups is 1. The van der Waals surface area contributed by atoms with E-state index in [0.717, 1.165) is 12.1 Å². The van der Waals surface area contributed by atoms with Gasteiger partial charge in [-0.25, -0.2) is 0 Å². The molecule has 158 valence electrons. The number of alkyl halides is 3. The summed E-state index contributed by atoms with van der Waals surface area (Å²) in [6.07, 6.45) is -2.91. The molecule has 1 aliphatic rings. The Bertz CT molecular complexity index is 832. The molecule has 0 aliphatic carbocycles. The van der Waals surface area contributed by atoms with Crippen LogP contribution in [0.3, 0.4) is 0 Å². The summed E-state index contributed by atoms with van der Waals surface area (Å²) >= 11 is 0. The summed E-state index contributed by atoms with van der Waals surface area (Å²) in [5.74, 6) is 0.736. The lowest BCUT2D eigenvalue weighted by molar-refractivity contribution is -0.137. The van der Waals surface area contributed by atoms with Crippen LogP contribution in [0.25, 0.3) is 0 Å². The number of rotatable bonds is 3. The number of carbonyl (C=O) groups is 1. The Morgan fingerprint density at radius 3 is 2.41 bits per heavy atom. The molecule has 0 unspecified atom stereocenters. The minimum absolute atomic E-state index is 0. The Morgan fingerprint density at radius 1 is 1.14 bits per heavy atom. The molecular weight excluding hydrogens is 500 g/mol. The van der Waals surface area contributed by atoms with E-state index in [2.05, 4.69) is 10.3 Å². The van der Waals surface area contributed by atoms with Gasteiger partial charge in [0.2, 0.25) is 0 Å². The molecule has 1 saturated heterocycles. The highest BCUT2D eigenvalue weighted by Gasteiger charge is 2.30. The number of carbonyl (C=O) groups excluding carboxylic acids is 1. The monoisotopic (exact) mass is 522 g/mol. The predicted octanol–water partition coefficient (Wildman–Crippen LogP) is 3.45. The van der Waals surface area contributed by atoms with Crippen molar-refractivity contribution >= 4 is 35.8 Å². The van der Waals surface area contributed by atoms with Gasteiger partial charge in [-0.1, -0.05) is 12.1 Å². The Kier molecular flexibility index (Phi) is 7.94. The second-order valence-corrected chi connectivity index (χ2v) is 6.36. The third kappa shape index (κ3) is 5.87. The molecule has 0 spiro atoms. The molecule has 29 heavy (non-hydrogen) atoms. The SMILES string of the molecule is CN=C(NCc1cccc(C(F)(F)F)c1)N1CCN(C(=O)c2ccco2)CC1.I. The van der Waals surface area contributed by atoms with Gasteiger partial charge in [-0.2, -0.15) is 13.2 Å². The van der Waals surface area contributed by atoms with E-state index in [9.17, 15) is 18.0 Å². The molecule has 1 amide bonds. The van der Waals surface area contributed by atoms with Crippen LogP contribution in [-0.4, -0.2) is 54.9 Å². The van der Waals surface area contributed by atoms with Gasteiger partial charge in [0.05, 0.1) is 11.8 Å². The molecule has 3 rings (SSSR count). The predicted molar refractivity (Wildman–Crippen MR) is 113 cm³/mol. The third-order valence-electron chi connectivity index (χ3n) is 4.52. The van der Waals surface area contributed by atoms with E-state index in [4.69, 9.17) is 4.42 Å². The van der Waals surface area contributed by atoms with Gasteiger partial charge >= 0.3 is 6.18 Å². The van der Waals surface area contributed by atoms with Crippen LogP contribution in [0.2, 0.25) is 0 Å². The van der Waals surface area contributed by atoms with Crippen molar-refractivity contribution in [3.63, 3.8) is 0 Å². The Hall–Kier alpha value is -2.24. The molecule has 0 bridgehead atoms. The van der Waals surface area contributed by atoms with E-state index < -0.39 is 11.7 Å². The number of piperazine rings is 1. The van der Waals surface area contributed by atoms with Crippen LogP contribution in [0, 0.1) is 0 Å². The van der Waals surface area contributed by atoms with Gasteiger partial charge in [-0.3, -0.25) is 9.79 Å². The summed E-state index contributed by atoms with van der Waals surface area (Å²) in [5, 5.41) is 3.09. The van der Waals surface area contributed by atoms with Crippen LogP contribution in [0.5, 0.6) is 0 Å². The number of hydrogen-bond donors (Lipinski definition) is 1. The first-order valence-corrected chi connectivity index (χ1v) is 8.83. The maximum atomic E-state index is 12.8. The van der Waals surface area contributed by atoms with Crippen molar-refractivity contribution in [3.8, 4) is 0 Å². The maximum absolute atomic E-state index is 12.8. The number of halogens is 4. The van der Waals surface area contributed by atoms with Gasteiger partial charge in [0.1, 0.15) is 0 Å². The number of nitrogens with one attached hydrogen (secondary N) is 1. The van der Waals surface area contributed by atoms with E-state index in [-0.39, 0.29) is 36.4 Å². The van der Waals surface area contributed by atoms with E-state index >= 15 is 0 Å². The molecule has 1 aliphatic heterocycles. The molecule has 0 atom stereocenters. The second-order valence-electron chi connectivity index (χ2n) is 6.36. The van der Waals surface area contributed by atoms with Crippen LogP contribution in [-0.2, 0) is 12.7 Å². The molecule has 2 aromatic rings. The zero-order chi connectivity index (χ0) is 20.1. The molecule has 1 aromatic heterocycles. The highest BCUT2D eigenvalue weighted by Crippen LogP contribution is 2.29. The topological polar surface area (TPSA) is 61.1 Å². The molecule has 1 N–H and O–H groups in total. The fraction of sp³-hybridized carbons (Fsp3) is 0.368. The number of furan rings is 1. The lowest BCUT2D eigenvalue weighted by atomic mass is 10.1. The average Bonchev–Trinajstić information content (AvgIpc) is 3.23. The summed E-state index contributed by atoms with van der Waals surface area (Å²) in [7, 11) is 1.62. The fourth-order valence-corrected chi connectivity index (χ4v) is 3.05. The van der Waals surface area contributed by atoms with E-state index in [1.807, 2.05) is 4.90 Å². The largest absolute Gasteiger partial charge is 0.459 e. The minimum atomic E-state index is -4.37. The van der Waals surface area contributed by atoms with Crippen LogP contribution in [0.4, 0.5) is 13.2 Å². The highest BCUT2D eigenvalue weighted by molar-refractivity contribution is 14.0. The van der Waals surface area contributed by atoms with E-state index in [1.54, 1.807) is 30.1 Å². The first-order valence-electron chi connectivity index (χ1n) is 8.83. The number of amides is 1. The Labute approximate surface area is 183 Å². The summed E-state index contributed by atoms with van der Waals surface area (Å²) in [5.41, 5.74) is -0.158. The van der Waals surface area contributed by atoms with Gasteiger partial charge < -0.3 is 19.5 Å². The first-order chi connectivity index (χ1) is 13.4. The average molecular weight is 522 g/mol. The van der Waals surface area contributed by atoms with Crippen molar-refractivity contribution in [2.45, 2.75) is 12.7 Å². The molecule has 1 aromatic carbocycles. The first kappa shape index (κ1) is 23.0. The van der Waals surface area contributed by atoms with Crippen LogP contribution < -0.4 is 5.32 Å². The molecular formula is C19H22F3IN4O2. The van der Waals surface area contributed by atoms with Crippen molar-refractivity contribution in [1.29, 1.82) is 0 Å². The van der Waals surface area contributed by atoms with E-state index in [0.29, 0.717) is 43.5 Å². The molecule has 0 saturated carbocycles. The minimum Gasteiger partial charge on any atom is -0.459 e. The van der Waals surface area contributed by atoms with Crippen LogP contribution in [0.1, 0.15) is 21.7 Å². The highest BCUT2D eigenvalue weighted by atomic mass is 127. The Morgan fingerprint density at radius 2 is 1.83 bits per heavy atom. The van der Waals surface area contributed by atoms with Gasteiger partial charge in [0.25, 0.3) is 5.91 Å². The van der Waals surface area contributed by atoms with E-state index in [1.165, 1.54) is 12.3 Å². The normalized spacial score (nSPS) is 15.1. The summed E-state index contributed by atoms with van der Waals surface area (Å²) in [6, 6.07) is 8.50. The van der Waals surface area contributed by atoms with Gasteiger partial charge in [-0.15, -0.1) is 24.0 Å². The van der Waals surface area contributed by atoms with Gasteiger partial charge in [-0.05, 0) is 29.8 Å². The van der Waals surface area contributed by atoms with Crippen molar-refractivity contribution in [2.24, 2.45) is 4.99 Å². The summed E-state index contributed by atoms with van der Waals surface area (Å²) in [6.45, 7) is 2.36. The quantitative estimate of drug-likeness (QED) is 0.382. The van der Waals surface area contributed by atoms with Crippen LogP contribution in [0.15, 0.2) is 52.1 Å². The third-order valence-corrected chi connectivity index (χ3v) is 4.52. The number of aliphatic imine (C=N–C) groups is 1. The zero-order valence-electron chi connectivity index (χ0n) is 15.8. The zero-order valence-corrected chi connectivity index (χ0v) is 18.1. The lowest BCUT2D eigenvalue weighted by Crippen LogP contribution is -2.53. The van der Waals surface area contributed by atoms with Crippen molar-refractivity contribution < 1.29 is 22.4 Å². The molecule has 0 radical (unpaired) electrons. The Balaban J connectivity index is 0.00000300. The van der Waals surface area contributed by atoms with Gasteiger partial charge in [0.15, 0.2) is 11.7 Å². The molecule has 6 nitrogen and oxygen atoms in total. The number of hydrogen-bond acceptors (Lipinski definition) is 3. The van der Waals surface area contributed by atoms with Crippen molar-refractivity contribution in [1.82, 2.24) is 15.1 Å². The number of nitrogens with zero attached hydrogens (tertiary/aromatic N) is 3. The standard InChI is InChI=1S/C19H21F3N4O2.HI/c1-23-18(24-13-14-4-2-5-15(12-14)19(20,21)22)26-9-7-25(8-10-26)17(27)16-6-3-11-28-16;/h2-6,11-12H,7-10,13H2,1H3,(H,23,24);1H. The van der Waals surface area contributed by atoms with Crippen molar-refractivity contribution in [2.75, 3.05) is 33.2 Å². The fourth-order valence-electron chi connectivity index (χ4n) is 3.05. The summed E-state index contributed by atoms with van der Waals surface area (Å²) in [4.78, 5) is 20.2. The summed E-state index contributed by atoms with van der Waals surface area (Å²) < 4.78 is 43.7. The molecule has 1 fully saturated rings. The van der Waals surface area contributed by atoms with Crippen LogP contribution >= 0.6 is 24.0 Å². The maximum Gasteiger partial charge on any atom is 0.416 e. The lowest BCUT2D eigenvalue weighted by Gasteiger charge is -2.36. The number of benzene rings is 1. The molecule has 2 heterocycles. The smallest absolute Gasteiger partial charge is 0.416 e. The molecule has 10 heteroatoms. The van der Waals surface area contributed by atoms with Gasteiger partial charge in [0, 0.05) is 39.8 Å².